The molecule has 422 valence electrons. The topological polar surface area (TPSA) is 413 Å². The molecule has 78 heavy (non-hydrogen) atoms. The van der Waals surface area contributed by atoms with Gasteiger partial charge < -0.3 is 79.7 Å². The molecule has 0 saturated carbocycles. The molecule has 1 aliphatic heterocycles. The molecule has 3 heterocycles. The van der Waals surface area contributed by atoms with Crippen LogP contribution in [0.25, 0.3) is 10.9 Å². The second kappa shape index (κ2) is 29.7. The van der Waals surface area contributed by atoms with E-state index in [2.05, 4.69) is 51.8 Å². The van der Waals surface area contributed by atoms with Gasteiger partial charge >= 0.3 is 12.0 Å². The van der Waals surface area contributed by atoms with Crippen molar-refractivity contribution in [2.45, 2.75) is 133 Å². The molecule has 0 unspecified atom stereocenters. The molecule has 0 bridgehead atoms. The van der Waals surface area contributed by atoms with Crippen molar-refractivity contribution in [2.75, 3.05) is 27.2 Å². The highest BCUT2D eigenvalue weighted by Crippen LogP contribution is 2.26. The number of carbonyl (C=O) groups excluding carboxylic acids is 8. The molecular weight excluding hydrogens is 1010 g/mol. The standard InChI is InChI=1S/C52H74N16O10/c1-4-5-16-38(66-52(78)67(2)3)46(73)64-40(25-43(69)70)48(75)65-41(24-33-27-57-29-60-33)50(77)68-28-31-14-7-6-13-30(31)23-42(68)49(76)62-37(19-12-21-58-51(55)56)45(72)63-39(22-32-26-59-35-17-9-8-15-34(32)35)47(74)61-36(44(54)71)18-10-11-20-53/h6-9,13-15,17,26-27,29,36-42,59H,4-5,10-12,16,18-25,28,53H2,1-3H3,(H2,54,71)(H,57,60)(H,61,74)(H,62,76)(H,63,72)(H,64,73)(H,65,75)(H,66,78)(H,69,70)(H4,55,56,58)/t36-,37-,38-,39-,40-,41-,42+/m0/s1. The zero-order valence-electron chi connectivity index (χ0n) is 44.2. The normalized spacial score (nSPS) is 15.2. The van der Waals surface area contributed by atoms with Gasteiger partial charge in [0, 0.05) is 75.4 Å². The van der Waals surface area contributed by atoms with Crippen molar-refractivity contribution in [3.63, 3.8) is 0 Å². The number of aliphatic carboxylic acids is 1. The highest BCUT2D eigenvalue weighted by atomic mass is 16.4. The number of aromatic nitrogens is 3. The number of primary amides is 1. The number of aliphatic imine (C=N–C) groups is 1. The highest BCUT2D eigenvalue weighted by molar-refractivity contribution is 5.99. The molecular formula is C52H74N16O10. The Bertz CT molecular complexity index is 2740. The van der Waals surface area contributed by atoms with Crippen LogP contribution < -0.4 is 54.8 Å². The zero-order valence-corrected chi connectivity index (χ0v) is 44.2. The minimum Gasteiger partial charge on any atom is -0.481 e. The van der Waals surface area contributed by atoms with Crippen LogP contribution in [-0.2, 0) is 64.2 Å². The number of hydrogen-bond acceptors (Lipinski definition) is 12. The minimum atomic E-state index is -1.73. The lowest BCUT2D eigenvalue weighted by atomic mass is 9.92. The van der Waals surface area contributed by atoms with Crippen molar-refractivity contribution in [2.24, 2.45) is 27.9 Å². The lowest BCUT2D eigenvalue weighted by Crippen LogP contribution is -2.62. The maximum absolute atomic E-state index is 15.2. The van der Waals surface area contributed by atoms with E-state index in [1.165, 1.54) is 36.4 Å². The van der Waals surface area contributed by atoms with Crippen LogP contribution in [0.5, 0.6) is 0 Å². The molecule has 26 nitrogen and oxygen atoms in total. The number of hydrogen-bond donors (Lipinski definition) is 13. The third-order valence-corrected chi connectivity index (χ3v) is 13.2. The number of benzene rings is 2. The number of aromatic amines is 2. The van der Waals surface area contributed by atoms with E-state index in [1.54, 1.807) is 30.5 Å². The van der Waals surface area contributed by atoms with Gasteiger partial charge in [0.05, 0.1) is 12.7 Å². The number of rotatable bonds is 30. The summed E-state index contributed by atoms with van der Waals surface area (Å²) in [7, 11) is 2.96. The van der Waals surface area contributed by atoms with E-state index in [0.29, 0.717) is 54.6 Å². The van der Waals surface area contributed by atoms with Gasteiger partial charge in [-0.05, 0) is 67.8 Å². The van der Waals surface area contributed by atoms with E-state index in [1.807, 2.05) is 31.2 Å². The Morgan fingerprint density at radius 1 is 0.731 bits per heavy atom. The van der Waals surface area contributed by atoms with Gasteiger partial charge in [0.1, 0.15) is 42.3 Å². The Balaban J connectivity index is 1.48. The third kappa shape index (κ3) is 17.8. The van der Waals surface area contributed by atoms with E-state index in [-0.39, 0.29) is 64.0 Å². The average Bonchev–Trinajstić information content (AvgIpc) is 4.09. The smallest absolute Gasteiger partial charge is 0.317 e. The molecule has 1 aliphatic rings. The Morgan fingerprint density at radius 3 is 2.00 bits per heavy atom. The van der Waals surface area contributed by atoms with Gasteiger partial charge in [0.2, 0.25) is 41.4 Å². The number of nitrogens with zero attached hydrogens (tertiary/aromatic N) is 4. The first-order valence-electron chi connectivity index (χ1n) is 26.0. The summed E-state index contributed by atoms with van der Waals surface area (Å²) in [4.78, 5) is 141. The molecule has 0 spiro atoms. The van der Waals surface area contributed by atoms with E-state index in [4.69, 9.17) is 22.9 Å². The number of para-hydroxylation sites is 1. The van der Waals surface area contributed by atoms with Crippen molar-refractivity contribution in [3.8, 4) is 0 Å². The molecule has 0 fully saturated rings. The van der Waals surface area contributed by atoms with Crippen LogP contribution >= 0.6 is 0 Å². The number of imidazole rings is 1. The summed E-state index contributed by atoms with van der Waals surface area (Å²) in [6.07, 6.45) is 5.91. The number of fused-ring (bicyclic) bond motifs is 2. The van der Waals surface area contributed by atoms with Gasteiger partial charge in [-0.2, -0.15) is 0 Å². The van der Waals surface area contributed by atoms with Crippen molar-refractivity contribution in [1.82, 2.24) is 56.7 Å². The van der Waals surface area contributed by atoms with Gasteiger partial charge in [0.15, 0.2) is 5.96 Å². The lowest BCUT2D eigenvalue weighted by molar-refractivity contribution is -0.146. The number of amides is 9. The molecule has 9 amide bonds. The summed E-state index contributed by atoms with van der Waals surface area (Å²) >= 11 is 0. The van der Waals surface area contributed by atoms with Gasteiger partial charge in [-0.15, -0.1) is 0 Å². The molecule has 5 rings (SSSR count). The van der Waals surface area contributed by atoms with E-state index >= 15 is 4.79 Å². The van der Waals surface area contributed by atoms with E-state index in [9.17, 15) is 43.5 Å². The molecule has 26 heteroatoms. The van der Waals surface area contributed by atoms with Crippen LogP contribution in [0.4, 0.5) is 4.79 Å². The fourth-order valence-electron chi connectivity index (χ4n) is 8.98. The Morgan fingerprint density at radius 2 is 1.35 bits per heavy atom. The van der Waals surface area contributed by atoms with Crippen LogP contribution in [0.1, 0.15) is 87.1 Å². The summed E-state index contributed by atoms with van der Waals surface area (Å²) in [5.74, 6) is -7.40. The van der Waals surface area contributed by atoms with Gasteiger partial charge in [-0.3, -0.25) is 43.3 Å². The molecule has 0 saturated heterocycles. The van der Waals surface area contributed by atoms with Crippen molar-refractivity contribution >= 4 is 70.2 Å². The fraction of sp³-hybridized carbons (Fsp3) is 0.481. The first-order chi connectivity index (χ1) is 37.3. The molecule has 0 radical (unpaired) electrons. The van der Waals surface area contributed by atoms with Crippen LogP contribution in [0.3, 0.4) is 0 Å². The zero-order chi connectivity index (χ0) is 56.9. The SMILES string of the molecule is CCCC[C@H](NC(=O)N(C)C)C(=O)N[C@@H](CC(=O)O)C(=O)N[C@@H](Cc1cnc[nH]1)C(=O)N1Cc2ccccc2C[C@@H]1C(=O)N[C@@H](CCCN=C(N)N)C(=O)N[C@@H](Cc1c[nH]c2ccccc12)C(=O)N[C@@H](CCCCN)C(N)=O. The summed E-state index contributed by atoms with van der Waals surface area (Å²) in [5.41, 5.74) is 25.8. The maximum Gasteiger partial charge on any atom is 0.317 e. The van der Waals surface area contributed by atoms with Crippen molar-refractivity contribution in [1.29, 1.82) is 0 Å². The second-order valence-electron chi connectivity index (χ2n) is 19.4. The summed E-state index contributed by atoms with van der Waals surface area (Å²) in [6.45, 7) is 2.13. The van der Waals surface area contributed by atoms with Crippen LogP contribution in [0, 0.1) is 0 Å². The first kappa shape index (κ1) is 60.3. The number of carbonyl (C=O) groups is 9. The maximum atomic E-state index is 15.2. The molecule has 2 aromatic carbocycles. The van der Waals surface area contributed by atoms with Crippen molar-refractivity contribution in [3.05, 3.63) is 89.6 Å². The van der Waals surface area contributed by atoms with Crippen molar-refractivity contribution < 1.29 is 48.3 Å². The molecule has 17 N–H and O–H groups in total. The fourth-order valence-corrected chi connectivity index (χ4v) is 8.98. The number of guanidine groups is 1. The predicted octanol–water partition coefficient (Wildman–Crippen LogP) is -0.974. The number of urea groups is 1. The number of nitrogens with one attached hydrogen (secondary N) is 8. The van der Waals surface area contributed by atoms with Gasteiger partial charge in [0.25, 0.3) is 0 Å². The summed E-state index contributed by atoms with van der Waals surface area (Å²) in [5, 5.41) is 26.7. The number of H-pyrrole nitrogens is 2. The van der Waals surface area contributed by atoms with Crippen LogP contribution in [0.15, 0.2) is 72.2 Å². The number of carboxylic acids is 1. The lowest BCUT2D eigenvalue weighted by Gasteiger charge is -2.39. The Kier molecular flexibility index (Phi) is 22.9. The first-order valence-corrected chi connectivity index (χ1v) is 26.0. The number of nitrogens with two attached hydrogens (primary N) is 4. The third-order valence-electron chi connectivity index (χ3n) is 13.2. The summed E-state index contributed by atoms with van der Waals surface area (Å²) in [6, 6.07) is 4.36. The second-order valence-corrected chi connectivity index (χ2v) is 19.4. The van der Waals surface area contributed by atoms with Gasteiger partial charge in [-0.1, -0.05) is 62.2 Å². The van der Waals surface area contributed by atoms with Crippen LogP contribution in [-0.4, -0.2) is 159 Å². The Labute approximate surface area is 451 Å². The summed E-state index contributed by atoms with van der Waals surface area (Å²) < 4.78 is 0. The quantitative estimate of drug-likeness (QED) is 0.0170. The molecule has 7 atom stereocenters. The molecule has 2 aromatic heterocycles. The largest absolute Gasteiger partial charge is 0.481 e. The van der Waals surface area contributed by atoms with Crippen LogP contribution in [0.2, 0.25) is 0 Å². The average molecular weight is 1080 g/mol. The number of carboxylic acid groups (broad SMARTS) is 1. The number of unbranched alkanes of at least 4 members (excludes halogenated alkanes) is 2. The molecule has 0 aliphatic carbocycles. The monoisotopic (exact) mass is 1080 g/mol. The minimum absolute atomic E-state index is 0.0498. The van der Waals surface area contributed by atoms with E-state index in [0.717, 1.165) is 10.9 Å². The van der Waals surface area contributed by atoms with E-state index < -0.39 is 102 Å². The highest BCUT2D eigenvalue weighted by Gasteiger charge is 2.41. The van der Waals surface area contributed by atoms with Gasteiger partial charge in [-0.25, -0.2) is 9.78 Å². The predicted molar refractivity (Wildman–Crippen MR) is 288 cm³/mol. The Hall–Kier alpha value is -8.55. The molecule has 4 aromatic rings.